The predicted octanol–water partition coefficient (Wildman–Crippen LogP) is 3.13. The van der Waals surface area contributed by atoms with Crippen molar-refractivity contribution in [2.75, 3.05) is 13.1 Å². The second-order valence-electron chi connectivity index (χ2n) is 7.64. The maximum atomic E-state index is 14.0. The molecule has 30 heavy (non-hydrogen) atoms. The number of nitrogens with one attached hydrogen (secondary N) is 1. The molecule has 5 nitrogen and oxygen atoms in total. The van der Waals surface area contributed by atoms with E-state index in [1.807, 2.05) is 18.2 Å². The van der Waals surface area contributed by atoms with Crippen LogP contribution in [-0.4, -0.2) is 27.3 Å². The van der Waals surface area contributed by atoms with Crippen molar-refractivity contribution in [3.8, 4) is 0 Å². The lowest BCUT2D eigenvalue weighted by Gasteiger charge is -2.07. The minimum atomic E-state index is -3.56. The normalized spacial score (nSPS) is 18.5. The average molecular weight is 427 g/mol. The Labute approximate surface area is 175 Å². The molecule has 4 rings (SSSR count). The van der Waals surface area contributed by atoms with Crippen molar-refractivity contribution in [3.63, 3.8) is 0 Å². The third-order valence-corrected chi connectivity index (χ3v) is 7.01. The molecule has 0 radical (unpaired) electrons. The van der Waals surface area contributed by atoms with Gasteiger partial charge in [0.1, 0.15) is 11.6 Å². The van der Waals surface area contributed by atoms with Crippen molar-refractivity contribution in [3.05, 3.63) is 77.6 Å². The molecule has 0 bridgehead atoms. The highest BCUT2D eigenvalue weighted by Gasteiger charge is 2.43. The van der Waals surface area contributed by atoms with Crippen molar-refractivity contribution in [1.29, 1.82) is 0 Å². The molecule has 0 aromatic heterocycles. The smallest absolute Gasteiger partial charge is 0.240 e. The summed E-state index contributed by atoms with van der Waals surface area (Å²) in [5, 5.41) is 1.33. The third kappa shape index (κ3) is 4.28. The zero-order chi connectivity index (χ0) is 21.3. The summed E-state index contributed by atoms with van der Waals surface area (Å²) in [6.07, 6.45) is 1.01. The van der Waals surface area contributed by atoms with Crippen LogP contribution in [0.5, 0.6) is 0 Å². The Balaban J connectivity index is 1.42. The van der Waals surface area contributed by atoms with Crippen LogP contribution < -0.4 is 10.5 Å². The van der Waals surface area contributed by atoms with E-state index in [4.69, 9.17) is 5.73 Å². The summed E-state index contributed by atoms with van der Waals surface area (Å²) in [6.45, 7) is 0.412. The Morgan fingerprint density at radius 3 is 2.60 bits per heavy atom. The van der Waals surface area contributed by atoms with Gasteiger partial charge in [0, 0.05) is 30.8 Å². The second-order valence-corrected chi connectivity index (χ2v) is 9.41. The van der Waals surface area contributed by atoms with E-state index in [2.05, 4.69) is 4.72 Å². The van der Waals surface area contributed by atoms with Crippen molar-refractivity contribution >= 4 is 26.6 Å². The fourth-order valence-corrected chi connectivity index (χ4v) is 4.86. The van der Waals surface area contributed by atoms with Crippen molar-refractivity contribution in [2.45, 2.75) is 23.7 Å². The highest BCUT2D eigenvalue weighted by atomic mass is 32.2. The number of carbonyl (C=O) groups excluding carboxylic acids is 1. The first kappa shape index (κ1) is 20.7. The number of Topliss-reactive ketones (excluding diaryl/α,β-unsaturated/α-hetero) is 1. The van der Waals surface area contributed by atoms with E-state index in [9.17, 15) is 17.6 Å². The fraction of sp³-hybridized carbons (Fsp3) is 0.261. The number of ketones is 1. The molecule has 3 aromatic carbocycles. The van der Waals surface area contributed by atoms with Crippen molar-refractivity contribution in [1.82, 2.24) is 4.72 Å². The van der Waals surface area contributed by atoms with Gasteiger partial charge in [0.25, 0.3) is 0 Å². The van der Waals surface area contributed by atoms with Crippen LogP contribution in [0, 0.1) is 11.7 Å². The lowest BCUT2D eigenvalue weighted by atomic mass is 10.00. The SMILES string of the molecule is NCCNS(=O)(=O)c1ccc([C@@H]2C[C@H]2C(=O)Cc2ccc3cccc(F)c3c2)cc1. The van der Waals surface area contributed by atoms with Crippen LogP contribution in [0.1, 0.15) is 23.5 Å². The van der Waals surface area contributed by atoms with Gasteiger partial charge in [-0.25, -0.2) is 17.5 Å². The van der Waals surface area contributed by atoms with Crippen LogP contribution in [0.15, 0.2) is 65.6 Å². The number of benzene rings is 3. The van der Waals surface area contributed by atoms with Gasteiger partial charge in [-0.05, 0) is 53.1 Å². The molecule has 0 unspecified atom stereocenters. The summed E-state index contributed by atoms with van der Waals surface area (Å²) in [4.78, 5) is 12.9. The van der Waals surface area contributed by atoms with E-state index in [0.29, 0.717) is 5.39 Å². The molecule has 7 heteroatoms. The molecule has 2 atom stereocenters. The van der Waals surface area contributed by atoms with Gasteiger partial charge >= 0.3 is 0 Å². The minimum Gasteiger partial charge on any atom is -0.329 e. The first-order valence-electron chi connectivity index (χ1n) is 9.88. The number of halogens is 1. The molecule has 0 spiro atoms. The number of rotatable bonds is 8. The highest BCUT2D eigenvalue weighted by Crippen LogP contribution is 2.48. The third-order valence-electron chi connectivity index (χ3n) is 5.53. The molecular weight excluding hydrogens is 403 g/mol. The van der Waals surface area contributed by atoms with E-state index in [1.165, 1.54) is 6.07 Å². The summed E-state index contributed by atoms with van der Waals surface area (Å²) in [5.41, 5.74) is 7.10. The van der Waals surface area contributed by atoms with Gasteiger partial charge in [-0.2, -0.15) is 0 Å². The number of fused-ring (bicyclic) bond motifs is 1. The van der Waals surface area contributed by atoms with Gasteiger partial charge < -0.3 is 5.73 Å². The monoisotopic (exact) mass is 426 g/mol. The Bertz CT molecular complexity index is 1190. The van der Waals surface area contributed by atoms with Gasteiger partial charge in [-0.3, -0.25) is 4.79 Å². The molecule has 1 aliphatic carbocycles. The molecule has 0 amide bonds. The quantitative estimate of drug-likeness (QED) is 0.579. The average Bonchev–Trinajstić information content (AvgIpc) is 3.54. The zero-order valence-electron chi connectivity index (χ0n) is 16.3. The Morgan fingerprint density at radius 2 is 1.87 bits per heavy atom. The van der Waals surface area contributed by atoms with Gasteiger partial charge in [0.2, 0.25) is 10.0 Å². The van der Waals surface area contributed by atoms with Crippen LogP contribution in [-0.2, 0) is 21.2 Å². The Hall–Kier alpha value is -2.61. The van der Waals surface area contributed by atoms with Crippen molar-refractivity contribution in [2.24, 2.45) is 11.7 Å². The first-order chi connectivity index (χ1) is 14.4. The van der Waals surface area contributed by atoms with Crippen LogP contribution >= 0.6 is 0 Å². The van der Waals surface area contributed by atoms with Crippen LogP contribution in [0.3, 0.4) is 0 Å². The van der Waals surface area contributed by atoms with Crippen molar-refractivity contribution < 1.29 is 17.6 Å². The summed E-state index contributed by atoms with van der Waals surface area (Å²) < 4.78 is 40.7. The molecule has 0 aliphatic heterocycles. The molecule has 3 N–H and O–H groups in total. The summed E-state index contributed by atoms with van der Waals surface area (Å²) in [7, 11) is -3.56. The maximum absolute atomic E-state index is 14.0. The number of carbonyl (C=O) groups is 1. The van der Waals surface area contributed by atoms with E-state index in [0.717, 1.165) is 22.9 Å². The Kier molecular flexibility index (Phi) is 5.69. The number of sulfonamides is 1. The number of hydrogen-bond acceptors (Lipinski definition) is 4. The lowest BCUT2D eigenvalue weighted by Crippen LogP contribution is -2.29. The highest BCUT2D eigenvalue weighted by molar-refractivity contribution is 7.89. The predicted molar refractivity (Wildman–Crippen MR) is 114 cm³/mol. The molecule has 1 aliphatic rings. The molecule has 1 saturated carbocycles. The van der Waals surface area contributed by atoms with Crippen LogP contribution in [0.2, 0.25) is 0 Å². The maximum Gasteiger partial charge on any atom is 0.240 e. The molecule has 0 heterocycles. The van der Waals surface area contributed by atoms with E-state index in [-0.39, 0.29) is 47.8 Å². The van der Waals surface area contributed by atoms with E-state index in [1.54, 1.807) is 36.4 Å². The Morgan fingerprint density at radius 1 is 1.10 bits per heavy atom. The molecule has 3 aromatic rings. The van der Waals surface area contributed by atoms with Crippen LogP contribution in [0.25, 0.3) is 10.8 Å². The second kappa shape index (κ2) is 8.26. The van der Waals surface area contributed by atoms with Gasteiger partial charge in [0.05, 0.1) is 4.90 Å². The van der Waals surface area contributed by atoms with Gasteiger partial charge in [0.15, 0.2) is 0 Å². The number of hydrogen-bond donors (Lipinski definition) is 2. The number of nitrogens with two attached hydrogens (primary N) is 1. The standard InChI is InChI=1S/C23H23FN2O3S/c24-22-3-1-2-16-5-4-15(12-20(16)22)13-23(27)21-14-19(21)17-6-8-18(9-7-17)30(28,29)26-11-10-25/h1-9,12,19,21,26H,10-11,13-14,25H2/t19-,21+/m0/s1. The fourth-order valence-electron chi connectivity index (χ4n) is 3.81. The van der Waals surface area contributed by atoms with Gasteiger partial charge in [-0.15, -0.1) is 0 Å². The molecule has 1 fully saturated rings. The largest absolute Gasteiger partial charge is 0.329 e. The summed E-state index contributed by atoms with van der Waals surface area (Å²) in [5.74, 6) is -0.151. The van der Waals surface area contributed by atoms with E-state index >= 15 is 0 Å². The minimum absolute atomic E-state index is 0.0841. The van der Waals surface area contributed by atoms with Crippen LogP contribution in [0.4, 0.5) is 4.39 Å². The van der Waals surface area contributed by atoms with E-state index < -0.39 is 10.0 Å². The molecule has 156 valence electrons. The van der Waals surface area contributed by atoms with Gasteiger partial charge in [-0.1, -0.05) is 36.4 Å². The summed E-state index contributed by atoms with van der Waals surface area (Å²) in [6, 6.07) is 17.0. The summed E-state index contributed by atoms with van der Waals surface area (Å²) >= 11 is 0. The molecular formula is C23H23FN2O3S. The first-order valence-corrected chi connectivity index (χ1v) is 11.4. The topological polar surface area (TPSA) is 89.3 Å². The zero-order valence-corrected chi connectivity index (χ0v) is 17.2. The lowest BCUT2D eigenvalue weighted by molar-refractivity contribution is -0.119. The molecule has 0 saturated heterocycles.